The number of aliphatic hydroxyl groups is 1. The Balaban J connectivity index is 1.91. The van der Waals surface area contributed by atoms with Crippen LogP contribution in [-0.2, 0) is 12.4 Å². The average Bonchev–Trinajstić information content (AvgIpc) is 3.49. The number of benzene rings is 2. The van der Waals surface area contributed by atoms with E-state index in [1.807, 2.05) is 0 Å². The molecule has 3 N–H and O–H groups in total. The van der Waals surface area contributed by atoms with Crippen molar-refractivity contribution in [2.45, 2.75) is 37.9 Å². The topological polar surface area (TPSA) is 112 Å². The van der Waals surface area contributed by atoms with Gasteiger partial charge in [0.25, 0.3) is 0 Å². The molecule has 5 rings (SSSR count). The summed E-state index contributed by atoms with van der Waals surface area (Å²) in [6.07, 6.45) is -12.0. The lowest BCUT2D eigenvalue weighted by Gasteiger charge is -2.27. The fourth-order valence-corrected chi connectivity index (χ4v) is 6.69. The van der Waals surface area contributed by atoms with Crippen molar-refractivity contribution in [2.75, 3.05) is 50.5 Å². The van der Waals surface area contributed by atoms with Gasteiger partial charge in [-0.1, -0.05) is 6.07 Å². The molecule has 2 atom stereocenters. The number of hydrogen-bond acceptors (Lipinski definition) is 9. The van der Waals surface area contributed by atoms with E-state index >= 15 is 13.2 Å². The molecule has 2 unspecified atom stereocenters. The predicted molar refractivity (Wildman–Crippen MR) is 156 cm³/mol. The molecule has 2 aromatic heterocycles. The van der Waals surface area contributed by atoms with Crippen LogP contribution >= 0.6 is 11.3 Å². The Labute approximate surface area is 260 Å². The van der Waals surface area contributed by atoms with Crippen molar-refractivity contribution in [1.82, 2.24) is 14.9 Å². The number of ether oxygens (including phenoxy) is 1. The second kappa shape index (κ2) is 12.3. The molecule has 0 radical (unpaired) electrons. The Kier molecular flexibility index (Phi) is 8.92. The third-order valence-corrected chi connectivity index (χ3v) is 8.86. The number of rotatable bonds is 8. The monoisotopic (exact) mass is 674 g/mol. The molecule has 1 aliphatic heterocycles. The first-order valence-corrected chi connectivity index (χ1v) is 14.7. The molecule has 8 nitrogen and oxygen atoms in total. The number of nitriles is 1. The number of fused-ring (bicyclic) bond motifs is 2. The molecule has 0 bridgehead atoms. The van der Waals surface area contributed by atoms with Crippen molar-refractivity contribution in [3.63, 3.8) is 0 Å². The van der Waals surface area contributed by atoms with Crippen LogP contribution in [0, 0.1) is 17.1 Å². The molecule has 0 aliphatic carbocycles. The lowest BCUT2D eigenvalue weighted by atomic mass is 9.88. The normalized spacial score (nSPS) is 17.6. The molecule has 4 aromatic rings. The fraction of sp³-hybridized carbons (Fsp3) is 0.414. The van der Waals surface area contributed by atoms with Gasteiger partial charge in [0, 0.05) is 42.0 Å². The molecule has 46 heavy (non-hydrogen) atoms. The zero-order valence-electron chi connectivity index (χ0n) is 24.2. The highest BCUT2D eigenvalue weighted by molar-refractivity contribution is 7.23. The molecule has 0 saturated carbocycles. The van der Waals surface area contributed by atoms with Crippen molar-refractivity contribution >= 4 is 43.1 Å². The van der Waals surface area contributed by atoms with E-state index in [1.54, 1.807) is 24.9 Å². The van der Waals surface area contributed by atoms with Crippen LogP contribution in [0.2, 0.25) is 0 Å². The number of thiophene rings is 1. The van der Waals surface area contributed by atoms with Gasteiger partial charge in [-0.15, -0.1) is 11.3 Å². The number of likely N-dealkylation sites (N-methyl/N-ethyl adjacent to an activating group) is 2. The smallest absolute Gasteiger partial charge is 0.419 e. The van der Waals surface area contributed by atoms with Gasteiger partial charge in [0.15, 0.2) is 0 Å². The first kappa shape index (κ1) is 33.4. The number of alkyl halides is 7. The summed E-state index contributed by atoms with van der Waals surface area (Å²) in [6.45, 7) is 0.720. The molecule has 0 spiro atoms. The van der Waals surface area contributed by atoms with Gasteiger partial charge in [0.2, 0.25) is 0 Å². The van der Waals surface area contributed by atoms with E-state index in [2.05, 4.69) is 9.97 Å². The number of nitrogens with zero attached hydrogens (tertiary/aromatic N) is 5. The van der Waals surface area contributed by atoms with Gasteiger partial charge in [-0.2, -0.15) is 41.6 Å². The van der Waals surface area contributed by atoms with Crippen LogP contribution in [0.15, 0.2) is 18.2 Å². The summed E-state index contributed by atoms with van der Waals surface area (Å²) in [5, 5.41) is 17.9. The summed E-state index contributed by atoms with van der Waals surface area (Å²) in [6, 6.07) is 2.47. The van der Waals surface area contributed by atoms with E-state index < -0.39 is 91.8 Å². The summed E-state index contributed by atoms with van der Waals surface area (Å²) in [5.41, 5.74) is -1.29. The van der Waals surface area contributed by atoms with E-state index in [0.717, 1.165) is 6.07 Å². The van der Waals surface area contributed by atoms with Crippen LogP contribution in [0.1, 0.15) is 30.0 Å². The molecular weight excluding hydrogens is 648 g/mol. The van der Waals surface area contributed by atoms with Gasteiger partial charge in [-0.05, 0) is 38.1 Å². The van der Waals surface area contributed by atoms with E-state index in [9.17, 15) is 32.3 Å². The van der Waals surface area contributed by atoms with Gasteiger partial charge in [-0.3, -0.25) is 4.90 Å². The van der Waals surface area contributed by atoms with Gasteiger partial charge >= 0.3 is 18.4 Å². The van der Waals surface area contributed by atoms with E-state index in [-0.39, 0.29) is 43.5 Å². The molecule has 1 saturated heterocycles. The number of aliphatic hydroxyl groups excluding tert-OH is 1. The van der Waals surface area contributed by atoms with Crippen LogP contribution in [0.5, 0.6) is 6.01 Å². The SMILES string of the molecule is CCN(CCO)c1nc(OCC2CC(F)CN2C)nc2c(C(F)(F)F)c(-c3ccc(F)c4sc(N)c(C#N)c34)c(C(F)(F)F)cc12. The first-order valence-electron chi connectivity index (χ1n) is 13.9. The molecule has 17 heteroatoms. The van der Waals surface area contributed by atoms with Crippen LogP contribution in [-0.4, -0.2) is 72.1 Å². The minimum Gasteiger partial charge on any atom is -0.462 e. The van der Waals surface area contributed by atoms with Crippen molar-refractivity contribution in [2.24, 2.45) is 0 Å². The third-order valence-electron chi connectivity index (χ3n) is 7.83. The van der Waals surface area contributed by atoms with Crippen LogP contribution in [0.3, 0.4) is 0 Å². The largest absolute Gasteiger partial charge is 0.462 e. The molecular formula is C29H26F8N6O2S. The minimum atomic E-state index is -5.49. The molecule has 2 aromatic carbocycles. The fourth-order valence-electron chi connectivity index (χ4n) is 5.74. The highest BCUT2D eigenvalue weighted by Gasteiger charge is 2.45. The number of nitrogens with two attached hydrogens (primary N) is 1. The highest BCUT2D eigenvalue weighted by Crippen LogP contribution is 2.52. The Hall–Kier alpha value is -4.01. The molecule has 0 amide bonds. The average molecular weight is 675 g/mol. The quantitative estimate of drug-likeness (QED) is 0.207. The van der Waals surface area contributed by atoms with Crippen LogP contribution in [0.25, 0.3) is 32.1 Å². The van der Waals surface area contributed by atoms with Gasteiger partial charge in [-0.25, -0.2) is 8.78 Å². The lowest BCUT2D eigenvalue weighted by molar-refractivity contribution is -0.141. The number of nitrogen functional groups attached to an aromatic ring is 1. The van der Waals surface area contributed by atoms with Crippen molar-refractivity contribution in [1.29, 1.82) is 5.26 Å². The Morgan fingerprint density at radius 2 is 1.91 bits per heavy atom. The van der Waals surface area contributed by atoms with Gasteiger partial charge in [0.1, 0.15) is 35.5 Å². The maximum Gasteiger partial charge on any atom is 0.419 e. The standard InChI is InChI=1S/C29H26F8N6O2S/c1-3-43(6-7-44)26-16-9-18(28(32,33)34)21(15-4-5-19(31)24-20(15)17(10-38)25(39)46-24)22(29(35,36)37)23(16)40-27(41-26)45-12-14-8-13(30)11-42(14)2/h4-5,9,13-14,44H,3,6-8,11-12,39H2,1-2H3. The molecule has 1 aliphatic rings. The second-order valence-electron chi connectivity index (χ2n) is 10.7. The van der Waals surface area contributed by atoms with Crippen molar-refractivity contribution in [3.8, 4) is 23.2 Å². The predicted octanol–water partition coefficient (Wildman–Crippen LogP) is 6.38. The first-order chi connectivity index (χ1) is 21.6. The number of aromatic nitrogens is 2. The summed E-state index contributed by atoms with van der Waals surface area (Å²) in [4.78, 5) is 11.0. The lowest BCUT2D eigenvalue weighted by Crippen LogP contribution is -2.31. The van der Waals surface area contributed by atoms with E-state index in [0.29, 0.717) is 23.5 Å². The second-order valence-corrected chi connectivity index (χ2v) is 11.7. The zero-order chi connectivity index (χ0) is 33.7. The van der Waals surface area contributed by atoms with Gasteiger partial charge < -0.3 is 20.5 Å². The maximum absolute atomic E-state index is 15.2. The summed E-state index contributed by atoms with van der Waals surface area (Å²) < 4.78 is 124. The van der Waals surface area contributed by atoms with Gasteiger partial charge in [0.05, 0.1) is 33.5 Å². The number of anilines is 2. The van der Waals surface area contributed by atoms with E-state index in [4.69, 9.17) is 10.5 Å². The zero-order valence-corrected chi connectivity index (χ0v) is 25.0. The Bertz CT molecular complexity index is 1840. The molecule has 1 fully saturated rings. The van der Waals surface area contributed by atoms with Crippen LogP contribution < -0.4 is 15.4 Å². The molecule has 3 heterocycles. The maximum atomic E-state index is 15.2. The van der Waals surface area contributed by atoms with E-state index in [1.165, 1.54) is 4.90 Å². The van der Waals surface area contributed by atoms with Crippen molar-refractivity contribution in [3.05, 3.63) is 40.7 Å². The Morgan fingerprint density at radius 3 is 2.48 bits per heavy atom. The number of hydrogen-bond donors (Lipinski definition) is 2. The number of halogens is 8. The summed E-state index contributed by atoms with van der Waals surface area (Å²) in [7, 11) is 1.63. The Morgan fingerprint density at radius 1 is 1.20 bits per heavy atom. The van der Waals surface area contributed by atoms with Crippen molar-refractivity contribution < 1.29 is 45.0 Å². The number of likely N-dealkylation sites (tertiary alicyclic amines) is 1. The molecule has 246 valence electrons. The summed E-state index contributed by atoms with van der Waals surface area (Å²) in [5.74, 6) is -1.36. The minimum absolute atomic E-state index is 0.0176. The highest BCUT2D eigenvalue weighted by atomic mass is 32.1. The summed E-state index contributed by atoms with van der Waals surface area (Å²) >= 11 is 0.516. The third kappa shape index (κ3) is 5.96. The van der Waals surface area contributed by atoms with Crippen LogP contribution in [0.4, 0.5) is 45.9 Å².